The van der Waals surface area contributed by atoms with Gasteiger partial charge in [-0.1, -0.05) is 146 Å². The van der Waals surface area contributed by atoms with Crippen molar-refractivity contribution in [2.75, 3.05) is 4.90 Å². The third kappa shape index (κ3) is 5.04. The first-order valence-corrected chi connectivity index (χ1v) is 18.3. The summed E-state index contributed by atoms with van der Waals surface area (Å²) in [6, 6.07) is 56.0. The van der Waals surface area contributed by atoms with Crippen molar-refractivity contribution < 1.29 is 0 Å². The molecule has 0 spiro atoms. The number of nitrogens with one attached hydrogen (secondary N) is 1. The van der Waals surface area contributed by atoms with Crippen molar-refractivity contribution in [2.45, 2.75) is 24.5 Å². The summed E-state index contributed by atoms with van der Waals surface area (Å²) in [4.78, 5) is 13.3. The quantitative estimate of drug-likeness (QED) is 0.202. The minimum absolute atomic E-state index is 0.0257. The zero-order valence-corrected chi connectivity index (χ0v) is 28.9. The Kier molecular flexibility index (Phi) is 6.90. The fourth-order valence-electron chi connectivity index (χ4n) is 7.91. The molecule has 1 N–H and O–H groups in total. The highest BCUT2D eigenvalue weighted by Crippen LogP contribution is 2.46. The van der Waals surface area contributed by atoms with Gasteiger partial charge in [0.2, 0.25) is 5.96 Å². The van der Waals surface area contributed by atoms with Crippen molar-refractivity contribution in [3.05, 3.63) is 184 Å². The second-order valence-electron chi connectivity index (χ2n) is 13.6. The normalized spacial score (nSPS) is 20.2. The van der Waals surface area contributed by atoms with E-state index in [1.54, 1.807) is 0 Å². The molecule has 0 bridgehead atoms. The molecular weight excluding hydrogens is 641 g/mol. The predicted molar refractivity (Wildman–Crippen MR) is 214 cm³/mol. The highest BCUT2D eigenvalue weighted by molar-refractivity contribution is 7.17. The van der Waals surface area contributed by atoms with Gasteiger partial charge in [-0.25, -0.2) is 9.98 Å². The number of hydrogen-bond donors (Lipinski definition) is 1. The maximum atomic E-state index is 5.51. The third-order valence-electron chi connectivity index (χ3n) is 10.4. The fraction of sp³-hybridized carbons (Fsp3) is 0.0870. The van der Waals surface area contributed by atoms with E-state index in [2.05, 4.69) is 181 Å². The Hall–Kier alpha value is -6.04. The molecule has 3 unspecified atom stereocenters. The van der Waals surface area contributed by atoms with Crippen LogP contribution in [0.5, 0.6) is 0 Å². The van der Waals surface area contributed by atoms with E-state index < -0.39 is 5.66 Å². The van der Waals surface area contributed by atoms with Crippen molar-refractivity contribution in [1.82, 2.24) is 5.32 Å². The Balaban J connectivity index is 1.16. The second kappa shape index (κ2) is 11.8. The molecule has 0 amide bonds. The summed E-state index contributed by atoms with van der Waals surface area (Å²) in [6.45, 7) is 2.12. The molecule has 4 nitrogen and oxygen atoms in total. The topological polar surface area (TPSA) is 40.0 Å². The number of aliphatic imine (C=N–C) groups is 2. The zero-order chi connectivity index (χ0) is 33.9. The largest absolute Gasteiger partial charge is 0.310 e. The standard InChI is InChI=1S/C46H34N4S/c1-46(35-20-9-4-10-21-35)48-44(34-19-13-18-32(26-34)30-14-5-2-6-15-30)47-45(49-46)50-40-25-24-33(31-16-7-3-8-17-31)27-37(40)38-29-43-39(28-41(38)50)36-22-11-12-23-42(36)51-43/h2-29,38,41H,1H3,(H,47,48,49). The third-order valence-corrected chi connectivity index (χ3v) is 11.6. The smallest absolute Gasteiger partial charge is 0.207 e. The molecule has 3 heterocycles. The summed E-state index contributed by atoms with van der Waals surface area (Å²) in [5, 5.41) is 6.40. The molecule has 3 aliphatic rings. The maximum absolute atomic E-state index is 5.51. The number of benzene rings is 6. The summed E-state index contributed by atoms with van der Waals surface area (Å²) in [6.07, 6.45) is 4.98. The van der Waals surface area contributed by atoms with Gasteiger partial charge < -0.3 is 10.2 Å². The summed E-state index contributed by atoms with van der Waals surface area (Å²) in [7, 11) is 0. The van der Waals surface area contributed by atoms with Crippen molar-refractivity contribution in [2.24, 2.45) is 9.98 Å². The lowest BCUT2D eigenvalue weighted by Crippen LogP contribution is -2.53. The molecule has 244 valence electrons. The summed E-state index contributed by atoms with van der Waals surface area (Å²) in [5.74, 6) is 1.75. The van der Waals surface area contributed by atoms with Crippen LogP contribution < -0.4 is 20.0 Å². The van der Waals surface area contributed by atoms with E-state index in [9.17, 15) is 0 Å². The van der Waals surface area contributed by atoms with Gasteiger partial charge in [0.1, 0.15) is 5.84 Å². The van der Waals surface area contributed by atoms with Crippen molar-refractivity contribution in [3.8, 4) is 22.3 Å². The lowest BCUT2D eigenvalue weighted by Gasteiger charge is -2.36. The average molecular weight is 675 g/mol. The predicted octanol–water partition coefficient (Wildman–Crippen LogP) is 9.06. The molecule has 1 aromatic heterocycles. The Morgan fingerprint density at radius 2 is 1.25 bits per heavy atom. The van der Waals surface area contributed by atoms with Crippen LogP contribution in [0.15, 0.2) is 168 Å². The van der Waals surface area contributed by atoms with Crippen LogP contribution in [0.4, 0.5) is 5.69 Å². The monoisotopic (exact) mass is 674 g/mol. The van der Waals surface area contributed by atoms with E-state index in [0.29, 0.717) is 0 Å². The van der Waals surface area contributed by atoms with Crippen LogP contribution in [0, 0.1) is 0 Å². The average Bonchev–Trinajstić information content (AvgIpc) is 3.72. The van der Waals surface area contributed by atoms with Gasteiger partial charge in [-0.15, -0.1) is 11.3 Å². The SMILES string of the molecule is CC1(c2ccccc2)N=C(c2cccc(-c3ccccc3)c2)NC(N2c3ccc(-c4ccccc4)cc3C3C=c4sc5ccccc5c4=CC32)=N1. The first-order valence-electron chi connectivity index (χ1n) is 17.5. The van der Waals surface area contributed by atoms with Crippen LogP contribution in [0.25, 0.3) is 44.5 Å². The van der Waals surface area contributed by atoms with Gasteiger partial charge in [-0.05, 0) is 64.2 Å². The number of anilines is 1. The highest BCUT2D eigenvalue weighted by atomic mass is 32.1. The summed E-state index contributed by atoms with van der Waals surface area (Å²) >= 11 is 1.88. The number of fused-ring (bicyclic) bond motifs is 6. The zero-order valence-electron chi connectivity index (χ0n) is 28.1. The minimum atomic E-state index is -0.846. The van der Waals surface area contributed by atoms with Crippen LogP contribution in [0.1, 0.15) is 29.5 Å². The molecule has 0 saturated carbocycles. The Morgan fingerprint density at radius 3 is 2.02 bits per heavy atom. The van der Waals surface area contributed by atoms with Gasteiger partial charge in [0.25, 0.3) is 0 Å². The van der Waals surface area contributed by atoms with E-state index in [1.807, 2.05) is 17.4 Å². The van der Waals surface area contributed by atoms with Crippen LogP contribution in [0.2, 0.25) is 0 Å². The molecule has 1 aliphatic carbocycles. The van der Waals surface area contributed by atoms with Crippen molar-refractivity contribution >= 4 is 51.1 Å². The number of amidine groups is 1. The Bertz CT molecular complexity index is 2640. The summed E-state index contributed by atoms with van der Waals surface area (Å²) < 4.78 is 2.65. The Morgan fingerprint density at radius 1 is 0.608 bits per heavy atom. The molecule has 7 aromatic rings. The second-order valence-corrected chi connectivity index (χ2v) is 14.7. The van der Waals surface area contributed by atoms with Gasteiger partial charge >= 0.3 is 0 Å². The maximum Gasteiger partial charge on any atom is 0.207 e. The number of hydrogen-bond acceptors (Lipinski definition) is 5. The summed E-state index contributed by atoms with van der Waals surface area (Å²) in [5.41, 5.74) is 8.45. The fourth-order valence-corrected chi connectivity index (χ4v) is 9.09. The van der Waals surface area contributed by atoms with Gasteiger partial charge in [0.15, 0.2) is 5.66 Å². The number of thiophene rings is 1. The number of nitrogens with zero attached hydrogens (tertiary/aromatic N) is 3. The first kappa shape index (κ1) is 29.8. The van der Waals surface area contributed by atoms with Crippen molar-refractivity contribution in [1.29, 1.82) is 0 Å². The van der Waals surface area contributed by atoms with Crippen LogP contribution >= 0.6 is 11.3 Å². The minimum Gasteiger partial charge on any atom is -0.310 e. The van der Waals surface area contributed by atoms with Gasteiger partial charge in [0.05, 0.1) is 6.04 Å². The molecule has 0 radical (unpaired) electrons. The lowest BCUT2D eigenvalue weighted by molar-refractivity contribution is 0.514. The van der Waals surface area contributed by atoms with Gasteiger partial charge in [-0.3, -0.25) is 0 Å². The first-order chi connectivity index (χ1) is 25.1. The van der Waals surface area contributed by atoms with E-state index >= 15 is 0 Å². The highest BCUT2D eigenvalue weighted by Gasteiger charge is 2.43. The molecule has 5 heteroatoms. The van der Waals surface area contributed by atoms with Crippen LogP contribution in [0.3, 0.4) is 0 Å². The molecule has 51 heavy (non-hydrogen) atoms. The number of guanidine groups is 1. The molecule has 0 fully saturated rings. The lowest BCUT2D eigenvalue weighted by atomic mass is 9.89. The molecular formula is C46H34N4S. The molecule has 0 saturated heterocycles. The van der Waals surface area contributed by atoms with Gasteiger partial charge in [-0.2, -0.15) is 0 Å². The van der Waals surface area contributed by atoms with Crippen molar-refractivity contribution in [3.63, 3.8) is 0 Å². The van der Waals surface area contributed by atoms with Crippen LogP contribution in [-0.2, 0) is 5.66 Å². The molecule has 10 rings (SSSR count). The van der Waals surface area contributed by atoms with Crippen LogP contribution in [-0.4, -0.2) is 17.8 Å². The van der Waals surface area contributed by atoms with Gasteiger partial charge in [0, 0.05) is 37.4 Å². The molecule has 3 atom stereocenters. The van der Waals surface area contributed by atoms with E-state index in [1.165, 1.54) is 42.1 Å². The Labute approximate surface area is 301 Å². The van der Waals surface area contributed by atoms with E-state index in [4.69, 9.17) is 9.98 Å². The molecule has 2 aliphatic heterocycles. The van der Waals surface area contributed by atoms with E-state index in [0.717, 1.165) is 34.2 Å². The van der Waals surface area contributed by atoms with E-state index in [-0.39, 0.29) is 12.0 Å². The number of rotatable bonds is 4. The molecule has 6 aromatic carbocycles.